The molecule has 0 radical (unpaired) electrons. The van der Waals surface area contributed by atoms with E-state index in [9.17, 15) is 9.59 Å². The molecule has 4 nitrogen and oxygen atoms in total. The smallest absolute Gasteiger partial charge is 0.231 e. The van der Waals surface area contributed by atoms with E-state index in [-0.39, 0.29) is 23.3 Å². The molecule has 0 saturated heterocycles. The first-order valence-electron chi connectivity index (χ1n) is 4.40. The number of hydrogen-bond donors (Lipinski definition) is 1. The van der Waals surface area contributed by atoms with Crippen molar-refractivity contribution >= 4 is 29.0 Å². The number of hydrogen-bond acceptors (Lipinski definition) is 3. The average molecular weight is 227 g/mol. The minimum Gasteiger partial charge on any atom is -0.323 e. The zero-order valence-corrected chi connectivity index (χ0v) is 9.26. The maximum absolute atomic E-state index is 11.3. The molecule has 0 aliphatic heterocycles. The highest BCUT2D eigenvalue weighted by molar-refractivity contribution is 6.32. The molecule has 1 N–H and O–H groups in total. The largest absolute Gasteiger partial charge is 0.323 e. The van der Waals surface area contributed by atoms with Gasteiger partial charge in [-0.2, -0.15) is 0 Å². The fourth-order valence-corrected chi connectivity index (χ4v) is 1.21. The lowest BCUT2D eigenvalue weighted by Crippen LogP contribution is -2.15. The van der Waals surface area contributed by atoms with Crippen LogP contribution in [0.4, 0.5) is 5.69 Å². The summed E-state index contributed by atoms with van der Waals surface area (Å²) in [5, 5.41) is 2.75. The van der Waals surface area contributed by atoms with Gasteiger partial charge in [0.25, 0.3) is 0 Å². The molecule has 0 fully saturated rings. The number of Topliss-reactive ketones (excluding diaryl/α,β-unsaturated/α-hetero) is 1. The molecule has 0 atom stereocenters. The quantitative estimate of drug-likeness (QED) is 0.633. The molecule has 15 heavy (non-hydrogen) atoms. The van der Waals surface area contributed by atoms with Gasteiger partial charge in [0.15, 0.2) is 5.15 Å². The number of anilines is 1. The Labute approximate surface area is 92.7 Å². The summed E-state index contributed by atoms with van der Waals surface area (Å²) in [4.78, 5) is 25.8. The minimum atomic E-state index is -0.378. The van der Waals surface area contributed by atoms with E-state index in [1.54, 1.807) is 12.3 Å². The summed E-state index contributed by atoms with van der Waals surface area (Å²) in [6, 6.07) is 1.70. The summed E-state index contributed by atoms with van der Waals surface area (Å²) in [5.41, 5.74) is 1.32. The molecule has 80 valence electrons. The first kappa shape index (κ1) is 11.7. The van der Waals surface area contributed by atoms with E-state index in [1.807, 2.05) is 6.92 Å². The van der Waals surface area contributed by atoms with Gasteiger partial charge in [-0.3, -0.25) is 9.59 Å². The number of nitrogens with one attached hydrogen (secondary N) is 1. The second kappa shape index (κ2) is 4.89. The Morgan fingerprint density at radius 1 is 1.53 bits per heavy atom. The van der Waals surface area contributed by atoms with Crippen LogP contribution in [-0.4, -0.2) is 16.7 Å². The Hall–Kier alpha value is -1.42. The molecule has 0 spiro atoms. The summed E-state index contributed by atoms with van der Waals surface area (Å²) < 4.78 is 0. The van der Waals surface area contributed by atoms with E-state index >= 15 is 0 Å². The number of halogens is 1. The van der Waals surface area contributed by atoms with Crippen molar-refractivity contribution < 1.29 is 9.59 Å². The van der Waals surface area contributed by atoms with E-state index < -0.39 is 0 Å². The number of aryl methyl sites for hydroxylation is 1. The molecule has 1 amide bonds. The highest BCUT2D eigenvalue weighted by Crippen LogP contribution is 2.19. The van der Waals surface area contributed by atoms with E-state index in [4.69, 9.17) is 11.6 Å². The van der Waals surface area contributed by atoms with Crippen molar-refractivity contribution in [1.29, 1.82) is 0 Å². The number of rotatable bonds is 3. The van der Waals surface area contributed by atoms with Crippen molar-refractivity contribution in [3.8, 4) is 0 Å². The molecule has 0 aliphatic rings. The Bertz CT molecular complexity index is 404. The predicted molar refractivity (Wildman–Crippen MR) is 57.9 cm³/mol. The molecule has 0 aromatic carbocycles. The molecule has 1 aromatic rings. The lowest BCUT2D eigenvalue weighted by Gasteiger charge is -2.05. The van der Waals surface area contributed by atoms with Crippen LogP contribution in [0.5, 0.6) is 0 Å². The maximum Gasteiger partial charge on any atom is 0.231 e. The number of carbonyl (C=O) groups excluding carboxylic acids is 2. The van der Waals surface area contributed by atoms with Gasteiger partial charge in [-0.05, 0) is 25.5 Å². The van der Waals surface area contributed by atoms with Crippen LogP contribution in [0.3, 0.4) is 0 Å². The first-order valence-corrected chi connectivity index (χ1v) is 4.78. The third kappa shape index (κ3) is 3.67. The summed E-state index contributed by atoms with van der Waals surface area (Å²) in [7, 11) is 0. The van der Waals surface area contributed by atoms with E-state index in [1.165, 1.54) is 6.92 Å². The van der Waals surface area contributed by atoms with Crippen LogP contribution < -0.4 is 5.32 Å². The van der Waals surface area contributed by atoms with Gasteiger partial charge in [0.2, 0.25) is 5.91 Å². The molecule has 0 aliphatic carbocycles. The summed E-state index contributed by atoms with van der Waals surface area (Å²) in [6.07, 6.45) is 1.45. The van der Waals surface area contributed by atoms with Crippen LogP contribution in [0, 0.1) is 6.92 Å². The summed E-state index contributed by atoms with van der Waals surface area (Å²) in [5.74, 6) is -0.568. The standard InChI is InChI=1S/C10H11ClN2O2/c1-6-3-8(10(11)12-5-6)13-9(15)4-7(2)14/h3,5H,4H2,1-2H3,(H,13,15). The molecule has 1 rings (SSSR count). The van der Waals surface area contributed by atoms with E-state index in [2.05, 4.69) is 10.3 Å². The molecular weight excluding hydrogens is 216 g/mol. The van der Waals surface area contributed by atoms with Crippen LogP contribution >= 0.6 is 11.6 Å². The Kier molecular flexibility index (Phi) is 3.80. The highest BCUT2D eigenvalue weighted by Gasteiger charge is 2.08. The third-order valence-corrected chi connectivity index (χ3v) is 1.96. The second-order valence-corrected chi connectivity index (χ2v) is 3.64. The normalized spacial score (nSPS) is 9.80. The Balaban J connectivity index is 2.76. The number of nitrogens with zero attached hydrogens (tertiary/aromatic N) is 1. The van der Waals surface area contributed by atoms with Crippen LogP contribution in [0.15, 0.2) is 12.3 Å². The second-order valence-electron chi connectivity index (χ2n) is 3.28. The topological polar surface area (TPSA) is 59.1 Å². The molecule has 5 heteroatoms. The van der Waals surface area contributed by atoms with Gasteiger partial charge in [-0.15, -0.1) is 0 Å². The van der Waals surface area contributed by atoms with Crippen molar-refractivity contribution in [2.45, 2.75) is 20.3 Å². The van der Waals surface area contributed by atoms with E-state index in [0.717, 1.165) is 5.56 Å². The van der Waals surface area contributed by atoms with Gasteiger partial charge in [0.1, 0.15) is 5.78 Å². The average Bonchev–Trinajstić information content (AvgIpc) is 2.10. The number of amides is 1. The molecular formula is C10H11ClN2O2. The van der Waals surface area contributed by atoms with Crippen molar-refractivity contribution in [1.82, 2.24) is 4.98 Å². The zero-order chi connectivity index (χ0) is 11.4. The molecule has 0 bridgehead atoms. The van der Waals surface area contributed by atoms with Gasteiger partial charge in [0.05, 0.1) is 12.1 Å². The minimum absolute atomic E-state index is 0.149. The zero-order valence-electron chi connectivity index (χ0n) is 8.50. The molecule has 1 heterocycles. The fraction of sp³-hybridized carbons (Fsp3) is 0.300. The Morgan fingerprint density at radius 3 is 2.80 bits per heavy atom. The van der Waals surface area contributed by atoms with Gasteiger partial charge in [-0.1, -0.05) is 11.6 Å². The maximum atomic E-state index is 11.3. The molecule has 0 saturated carbocycles. The first-order chi connectivity index (χ1) is 6.99. The van der Waals surface area contributed by atoms with Gasteiger partial charge >= 0.3 is 0 Å². The van der Waals surface area contributed by atoms with Crippen molar-refractivity contribution in [3.63, 3.8) is 0 Å². The van der Waals surface area contributed by atoms with Crippen LogP contribution in [0.1, 0.15) is 18.9 Å². The van der Waals surface area contributed by atoms with Crippen LogP contribution in [0.2, 0.25) is 5.15 Å². The van der Waals surface area contributed by atoms with Crippen molar-refractivity contribution in [3.05, 3.63) is 23.0 Å². The van der Waals surface area contributed by atoms with Gasteiger partial charge < -0.3 is 5.32 Å². The predicted octanol–water partition coefficient (Wildman–Crippen LogP) is 1.96. The number of ketones is 1. The third-order valence-electron chi connectivity index (χ3n) is 1.66. The lowest BCUT2D eigenvalue weighted by atomic mass is 10.2. The Morgan fingerprint density at radius 2 is 2.20 bits per heavy atom. The summed E-state index contributed by atoms with van der Waals surface area (Å²) in [6.45, 7) is 3.19. The summed E-state index contributed by atoms with van der Waals surface area (Å²) >= 11 is 5.77. The molecule has 0 unspecified atom stereocenters. The van der Waals surface area contributed by atoms with Crippen LogP contribution in [-0.2, 0) is 9.59 Å². The SMILES string of the molecule is CC(=O)CC(=O)Nc1cc(C)cnc1Cl. The number of carbonyl (C=O) groups is 2. The van der Waals surface area contributed by atoms with Crippen LogP contribution in [0.25, 0.3) is 0 Å². The van der Waals surface area contributed by atoms with Crippen molar-refractivity contribution in [2.75, 3.05) is 5.32 Å². The van der Waals surface area contributed by atoms with Crippen molar-refractivity contribution in [2.24, 2.45) is 0 Å². The number of pyridine rings is 1. The molecule has 1 aromatic heterocycles. The monoisotopic (exact) mass is 226 g/mol. The highest BCUT2D eigenvalue weighted by atomic mass is 35.5. The lowest BCUT2D eigenvalue weighted by molar-refractivity contribution is -0.124. The number of aromatic nitrogens is 1. The fourth-order valence-electron chi connectivity index (χ4n) is 1.06. The van der Waals surface area contributed by atoms with E-state index in [0.29, 0.717) is 5.69 Å². The van der Waals surface area contributed by atoms with Gasteiger partial charge in [-0.25, -0.2) is 4.98 Å². The van der Waals surface area contributed by atoms with Gasteiger partial charge in [0, 0.05) is 6.20 Å².